The van der Waals surface area contributed by atoms with E-state index >= 15 is 0 Å². The third-order valence-electron chi connectivity index (χ3n) is 4.52. The maximum atomic E-state index is 4.76. The fraction of sp³-hybridized carbons (Fsp3) is 0.750. The van der Waals surface area contributed by atoms with Crippen molar-refractivity contribution in [1.82, 2.24) is 9.97 Å². The van der Waals surface area contributed by atoms with E-state index in [1.807, 2.05) is 0 Å². The van der Waals surface area contributed by atoms with E-state index in [1.54, 1.807) is 0 Å². The van der Waals surface area contributed by atoms with E-state index in [9.17, 15) is 0 Å². The summed E-state index contributed by atoms with van der Waals surface area (Å²) in [7, 11) is 0. The van der Waals surface area contributed by atoms with Gasteiger partial charge in [0.15, 0.2) is 0 Å². The van der Waals surface area contributed by atoms with Gasteiger partial charge in [-0.3, -0.25) is 0 Å². The molecule has 0 bridgehead atoms. The average Bonchev–Trinajstić information content (AvgIpc) is 3.21. The van der Waals surface area contributed by atoms with Crippen molar-refractivity contribution in [2.24, 2.45) is 5.92 Å². The molecule has 1 aromatic rings. The van der Waals surface area contributed by atoms with Gasteiger partial charge in [0.05, 0.1) is 0 Å². The second-order valence-electron chi connectivity index (χ2n) is 6.22. The van der Waals surface area contributed by atoms with E-state index < -0.39 is 0 Å². The molecule has 1 heterocycles. The molecule has 2 saturated carbocycles. The lowest BCUT2D eigenvalue weighted by Crippen LogP contribution is -2.17. The van der Waals surface area contributed by atoms with Gasteiger partial charge in [-0.05, 0) is 39.0 Å². The number of rotatable bonds is 7. The third kappa shape index (κ3) is 3.05. The normalized spacial score (nSPS) is 18.7. The molecule has 2 fully saturated rings. The molecule has 0 spiro atoms. The number of hydrogen-bond acceptors (Lipinski definition) is 4. The van der Waals surface area contributed by atoms with Crippen LogP contribution in [0.1, 0.15) is 62.8 Å². The lowest BCUT2D eigenvalue weighted by Gasteiger charge is -2.25. The Balaban J connectivity index is 1.69. The molecular weight excluding hydrogens is 248 g/mol. The summed E-state index contributed by atoms with van der Waals surface area (Å²) >= 11 is 0. The van der Waals surface area contributed by atoms with Crippen LogP contribution in [0.5, 0.6) is 0 Å². The second-order valence-corrected chi connectivity index (χ2v) is 6.22. The minimum Gasteiger partial charge on any atom is -0.370 e. The molecule has 2 aliphatic rings. The van der Waals surface area contributed by atoms with Crippen LogP contribution in [0.25, 0.3) is 0 Å². The largest absolute Gasteiger partial charge is 0.370 e. The Morgan fingerprint density at radius 1 is 1.05 bits per heavy atom. The minimum absolute atomic E-state index is 0.597. The van der Waals surface area contributed by atoms with E-state index in [0.29, 0.717) is 5.92 Å². The van der Waals surface area contributed by atoms with Gasteiger partial charge in [0.2, 0.25) is 0 Å². The third-order valence-corrected chi connectivity index (χ3v) is 4.52. The van der Waals surface area contributed by atoms with Gasteiger partial charge < -0.3 is 10.6 Å². The first kappa shape index (κ1) is 13.7. The summed E-state index contributed by atoms with van der Waals surface area (Å²) in [4.78, 5) is 9.45. The fourth-order valence-corrected chi connectivity index (χ4v) is 2.75. The van der Waals surface area contributed by atoms with Crippen LogP contribution < -0.4 is 10.6 Å². The Bertz CT molecular complexity index is 464. The molecule has 0 unspecified atom stereocenters. The van der Waals surface area contributed by atoms with Crippen molar-refractivity contribution in [3.8, 4) is 0 Å². The van der Waals surface area contributed by atoms with Crippen LogP contribution in [0.4, 0.5) is 11.6 Å². The Morgan fingerprint density at radius 2 is 1.75 bits per heavy atom. The van der Waals surface area contributed by atoms with E-state index in [4.69, 9.17) is 9.97 Å². The highest BCUT2D eigenvalue weighted by molar-refractivity contribution is 5.57. The Labute approximate surface area is 121 Å². The molecule has 0 aromatic carbocycles. The highest BCUT2D eigenvalue weighted by atomic mass is 15.1. The molecule has 0 amide bonds. The van der Waals surface area contributed by atoms with Crippen molar-refractivity contribution < 1.29 is 0 Å². The first-order valence-electron chi connectivity index (χ1n) is 8.14. The van der Waals surface area contributed by atoms with Crippen LogP contribution in [-0.2, 0) is 0 Å². The molecule has 4 nitrogen and oxygen atoms in total. The summed E-state index contributed by atoms with van der Waals surface area (Å²) < 4.78 is 0. The Morgan fingerprint density at radius 3 is 2.30 bits per heavy atom. The lowest BCUT2D eigenvalue weighted by atomic mass is 9.83. The standard InChI is InChI=1S/C16H26N4/c1-3-17-14-11(2)15(18-10-9-12-5-4-6-12)20-16(19-14)13-7-8-13/h12-13H,3-10H2,1-2H3,(H2,17,18,19,20). The van der Waals surface area contributed by atoms with Crippen molar-refractivity contribution >= 4 is 11.6 Å². The molecule has 3 rings (SSSR count). The Hall–Kier alpha value is -1.32. The number of nitrogens with zero attached hydrogens (tertiary/aromatic N) is 2. The Kier molecular flexibility index (Phi) is 4.08. The van der Waals surface area contributed by atoms with Gasteiger partial charge in [0.1, 0.15) is 17.5 Å². The van der Waals surface area contributed by atoms with Crippen LogP contribution >= 0.6 is 0 Å². The summed E-state index contributed by atoms with van der Waals surface area (Å²) in [6.07, 6.45) is 8.03. The summed E-state index contributed by atoms with van der Waals surface area (Å²) in [6, 6.07) is 0. The zero-order valence-electron chi connectivity index (χ0n) is 12.7. The van der Waals surface area contributed by atoms with Crippen LogP contribution in [-0.4, -0.2) is 23.1 Å². The molecule has 2 aliphatic carbocycles. The van der Waals surface area contributed by atoms with Crippen LogP contribution in [0.15, 0.2) is 0 Å². The number of hydrogen-bond donors (Lipinski definition) is 2. The molecule has 1 aromatic heterocycles. The van der Waals surface area contributed by atoms with Gasteiger partial charge in [-0.25, -0.2) is 9.97 Å². The van der Waals surface area contributed by atoms with E-state index in [2.05, 4.69) is 24.5 Å². The summed E-state index contributed by atoms with van der Waals surface area (Å²) in [6.45, 7) is 6.17. The second kappa shape index (κ2) is 5.98. The van der Waals surface area contributed by atoms with E-state index in [1.165, 1.54) is 38.5 Å². The lowest BCUT2D eigenvalue weighted by molar-refractivity contribution is 0.303. The summed E-state index contributed by atoms with van der Waals surface area (Å²) in [5.41, 5.74) is 1.16. The monoisotopic (exact) mass is 274 g/mol. The van der Waals surface area contributed by atoms with Gasteiger partial charge in [-0.1, -0.05) is 19.3 Å². The summed E-state index contributed by atoms with van der Waals surface area (Å²) in [5, 5.41) is 6.91. The first-order valence-corrected chi connectivity index (χ1v) is 8.14. The molecule has 110 valence electrons. The maximum Gasteiger partial charge on any atom is 0.136 e. The molecule has 4 heteroatoms. The van der Waals surface area contributed by atoms with Gasteiger partial charge >= 0.3 is 0 Å². The average molecular weight is 274 g/mol. The van der Waals surface area contributed by atoms with Crippen LogP contribution in [0.2, 0.25) is 0 Å². The van der Waals surface area contributed by atoms with Gasteiger partial charge in [-0.15, -0.1) is 0 Å². The SMILES string of the molecule is CCNc1nc(C2CC2)nc(NCCC2CCC2)c1C. The number of aromatic nitrogens is 2. The van der Waals surface area contributed by atoms with Crippen molar-refractivity contribution in [2.75, 3.05) is 23.7 Å². The molecule has 20 heavy (non-hydrogen) atoms. The zero-order valence-corrected chi connectivity index (χ0v) is 12.7. The summed E-state index contributed by atoms with van der Waals surface area (Å²) in [5.74, 6) is 4.62. The maximum absolute atomic E-state index is 4.76. The number of anilines is 2. The van der Waals surface area contributed by atoms with E-state index in [0.717, 1.165) is 42.0 Å². The smallest absolute Gasteiger partial charge is 0.136 e. The van der Waals surface area contributed by atoms with Crippen molar-refractivity contribution in [2.45, 2.75) is 58.3 Å². The highest BCUT2D eigenvalue weighted by Crippen LogP contribution is 2.39. The van der Waals surface area contributed by atoms with Gasteiger partial charge in [-0.2, -0.15) is 0 Å². The van der Waals surface area contributed by atoms with Crippen LogP contribution in [0.3, 0.4) is 0 Å². The molecule has 2 N–H and O–H groups in total. The minimum atomic E-state index is 0.597. The van der Waals surface area contributed by atoms with Gasteiger partial charge in [0, 0.05) is 24.6 Å². The topological polar surface area (TPSA) is 49.8 Å². The molecular formula is C16H26N4. The quantitative estimate of drug-likeness (QED) is 0.796. The predicted octanol–water partition coefficient (Wildman–Crippen LogP) is 3.70. The molecule has 0 saturated heterocycles. The van der Waals surface area contributed by atoms with E-state index in [-0.39, 0.29) is 0 Å². The molecule has 0 aliphatic heterocycles. The van der Waals surface area contributed by atoms with Crippen molar-refractivity contribution in [3.05, 3.63) is 11.4 Å². The zero-order chi connectivity index (χ0) is 13.9. The fourth-order valence-electron chi connectivity index (χ4n) is 2.75. The predicted molar refractivity (Wildman–Crippen MR) is 83.4 cm³/mol. The van der Waals surface area contributed by atoms with Crippen molar-refractivity contribution in [3.63, 3.8) is 0 Å². The number of nitrogens with one attached hydrogen (secondary N) is 2. The first-order chi connectivity index (χ1) is 9.78. The molecule has 0 atom stereocenters. The van der Waals surface area contributed by atoms with Crippen LogP contribution in [0, 0.1) is 12.8 Å². The van der Waals surface area contributed by atoms with Gasteiger partial charge in [0.25, 0.3) is 0 Å². The van der Waals surface area contributed by atoms with Crippen molar-refractivity contribution in [1.29, 1.82) is 0 Å². The highest BCUT2D eigenvalue weighted by Gasteiger charge is 2.28. The molecule has 0 radical (unpaired) electrons.